The van der Waals surface area contributed by atoms with Crippen molar-refractivity contribution in [3.63, 3.8) is 0 Å². The van der Waals surface area contributed by atoms with Gasteiger partial charge in [-0.3, -0.25) is 9.98 Å². The molecule has 2 aromatic heterocycles. The highest BCUT2D eigenvalue weighted by Crippen LogP contribution is 2.29. The van der Waals surface area contributed by atoms with Crippen LogP contribution in [-0.2, 0) is 16.0 Å². The van der Waals surface area contributed by atoms with Crippen molar-refractivity contribution in [1.82, 2.24) is 9.97 Å². The third-order valence-corrected chi connectivity index (χ3v) is 5.07. The van der Waals surface area contributed by atoms with Gasteiger partial charge in [0.1, 0.15) is 11.7 Å². The molecule has 0 spiro atoms. The van der Waals surface area contributed by atoms with Gasteiger partial charge in [-0.15, -0.1) is 0 Å². The SMILES string of the molecule is CCS(=O)(=O)c1cnccc1/C(=N/C)Nc1ccc(C(F)(F)F)cn1. The fourth-order valence-electron chi connectivity index (χ4n) is 1.98. The summed E-state index contributed by atoms with van der Waals surface area (Å²) in [4.78, 5) is 11.5. The monoisotopic (exact) mass is 372 g/mol. The maximum Gasteiger partial charge on any atom is 0.417 e. The van der Waals surface area contributed by atoms with Crippen molar-refractivity contribution in [2.24, 2.45) is 4.99 Å². The number of nitrogens with zero attached hydrogens (tertiary/aromatic N) is 3. The Morgan fingerprint density at radius 1 is 1.24 bits per heavy atom. The molecule has 0 aromatic carbocycles. The number of rotatable bonds is 4. The van der Waals surface area contributed by atoms with E-state index < -0.39 is 21.6 Å². The molecule has 1 N–H and O–H groups in total. The van der Waals surface area contributed by atoms with Gasteiger partial charge in [-0.1, -0.05) is 6.92 Å². The third-order valence-electron chi connectivity index (χ3n) is 3.32. The predicted octanol–water partition coefficient (Wildman–Crippen LogP) is 2.78. The average Bonchev–Trinajstić information content (AvgIpc) is 2.59. The van der Waals surface area contributed by atoms with Crippen LogP contribution in [0.1, 0.15) is 18.1 Å². The van der Waals surface area contributed by atoms with Gasteiger partial charge < -0.3 is 5.32 Å². The van der Waals surface area contributed by atoms with Crippen molar-refractivity contribution in [3.05, 3.63) is 47.9 Å². The van der Waals surface area contributed by atoms with Gasteiger partial charge in [0.05, 0.1) is 16.2 Å². The molecule has 10 heteroatoms. The molecule has 0 bridgehead atoms. The fourth-order valence-corrected chi connectivity index (χ4v) is 3.01. The van der Waals surface area contributed by atoms with Crippen molar-refractivity contribution in [3.8, 4) is 0 Å². The molecule has 6 nitrogen and oxygen atoms in total. The second-order valence-corrected chi connectivity index (χ2v) is 7.15. The Morgan fingerprint density at radius 2 is 1.96 bits per heavy atom. The van der Waals surface area contributed by atoms with E-state index in [0.29, 0.717) is 6.20 Å². The molecular formula is C15H15F3N4O2S. The van der Waals surface area contributed by atoms with E-state index in [1.54, 1.807) is 0 Å². The Balaban J connectivity index is 2.37. The topological polar surface area (TPSA) is 84.3 Å². The molecule has 0 saturated heterocycles. The standard InChI is InChI=1S/C15H15F3N4O2S/c1-3-25(23,24)12-9-20-7-6-11(12)14(19-2)22-13-5-4-10(8-21-13)15(16,17)18/h4-9H,3H2,1-2H3,(H,19,21,22). The van der Waals surface area contributed by atoms with Gasteiger partial charge in [0.2, 0.25) is 0 Å². The Labute approximate surface area is 142 Å². The summed E-state index contributed by atoms with van der Waals surface area (Å²) < 4.78 is 62.1. The second-order valence-electron chi connectivity index (χ2n) is 4.90. The van der Waals surface area contributed by atoms with Crippen LogP contribution < -0.4 is 5.32 Å². The zero-order valence-corrected chi connectivity index (χ0v) is 14.2. The lowest BCUT2D eigenvalue weighted by atomic mass is 10.2. The van der Waals surface area contributed by atoms with Gasteiger partial charge in [-0.05, 0) is 18.2 Å². The quantitative estimate of drug-likeness (QED) is 0.659. The Hall–Kier alpha value is -2.49. The number of anilines is 1. The normalized spacial score (nSPS) is 12.9. The minimum atomic E-state index is -4.49. The van der Waals surface area contributed by atoms with Crippen molar-refractivity contribution >= 4 is 21.5 Å². The molecule has 25 heavy (non-hydrogen) atoms. The minimum absolute atomic E-state index is 0.0162. The lowest BCUT2D eigenvalue weighted by Crippen LogP contribution is -2.19. The summed E-state index contributed by atoms with van der Waals surface area (Å²) in [6.45, 7) is 1.50. The summed E-state index contributed by atoms with van der Waals surface area (Å²) in [5.41, 5.74) is -0.618. The first-order valence-electron chi connectivity index (χ1n) is 7.13. The van der Waals surface area contributed by atoms with E-state index >= 15 is 0 Å². The van der Waals surface area contributed by atoms with E-state index in [2.05, 4.69) is 20.3 Å². The first kappa shape index (κ1) is 18.8. The Morgan fingerprint density at radius 3 is 2.48 bits per heavy atom. The van der Waals surface area contributed by atoms with Crippen LogP contribution >= 0.6 is 0 Å². The van der Waals surface area contributed by atoms with Gasteiger partial charge >= 0.3 is 6.18 Å². The predicted molar refractivity (Wildman–Crippen MR) is 87.3 cm³/mol. The first-order valence-corrected chi connectivity index (χ1v) is 8.78. The molecular weight excluding hydrogens is 357 g/mol. The summed E-state index contributed by atoms with van der Waals surface area (Å²) in [5, 5.41) is 2.74. The van der Waals surface area contributed by atoms with E-state index in [1.165, 1.54) is 32.4 Å². The van der Waals surface area contributed by atoms with Crippen LogP contribution in [0.15, 0.2) is 46.7 Å². The number of amidine groups is 1. The zero-order chi connectivity index (χ0) is 18.7. The van der Waals surface area contributed by atoms with E-state index in [-0.39, 0.29) is 27.9 Å². The Bertz CT molecular complexity index is 878. The van der Waals surface area contributed by atoms with E-state index in [1.807, 2.05) is 0 Å². The lowest BCUT2D eigenvalue weighted by Gasteiger charge is -2.13. The van der Waals surface area contributed by atoms with Crippen molar-refractivity contribution in [2.45, 2.75) is 18.0 Å². The van der Waals surface area contributed by atoms with E-state index in [4.69, 9.17) is 0 Å². The number of alkyl halides is 3. The van der Waals surface area contributed by atoms with Gasteiger partial charge in [0.25, 0.3) is 0 Å². The number of hydrogen-bond acceptors (Lipinski definition) is 5. The smallest absolute Gasteiger partial charge is 0.325 e. The molecule has 0 unspecified atom stereocenters. The summed E-state index contributed by atoms with van der Waals surface area (Å²) >= 11 is 0. The van der Waals surface area contributed by atoms with Gasteiger partial charge in [-0.25, -0.2) is 13.4 Å². The Kier molecular flexibility index (Phi) is 5.41. The maximum atomic E-state index is 12.6. The summed E-state index contributed by atoms with van der Waals surface area (Å²) in [5.74, 6) is 0.133. The van der Waals surface area contributed by atoms with Crippen LogP contribution in [0.3, 0.4) is 0 Å². The fraction of sp³-hybridized carbons (Fsp3) is 0.267. The van der Waals surface area contributed by atoms with Gasteiger partial charge in [0, 0.05) is 31.2 Å². The maximum absolute atomic E-state index is 12.6. The van der Waals surface area contributed by atoms with E-state index in [9.17, 15) is 21.6 Å². The van der Waals surface area contributed by atoms with Crippen LogP contribution in [-0.4, -0.2) is 37.0 Å². The molecule has 0 atom stereocenters. The average molecular weight is 372 g/mol. The lowest BCUT2D eigenvalue weighted by molar-refractivity contribution is -0.137. The van der Waals surface area contributed by atoms with E-state index in [0.717, 1.165) is 12.1 Å². The molecule has 0 aliphatic carbocycles. The molecule has 2 heterocycles. The van der Waals surface area contributed by atoms with Crippen molar-refractivity contribution in [1.29, 1.82) is 0 Å². The highest BCUT2D eigenvalue weighted by atomic mass is 32.2. The molecule has 0 aliphatic rings. The van der Waals surface area contributed by atoms with Gasteiger partial charge in [0.15, 0.2) is 9.84 Å². The summed E-state index contributed by atoms with van der Waals surface area (Å²) in [6, 6.07) is 3.48. The third kappa shape index (κ3) is 4.32. The molecule has 134 valence electrons. The highest BCUT2D eigenvalue weighted by molar-refractivity contribution is 7.91. The number of nitrogens with one attached hydrogen (secondary N) is 1. The van der Waals surface area contributed by atoms with Crippen LogP contribution in [0.2, 0.25) is 0 Å². The number of pyridine rings is 2. The van der Waals surface area contributed by atoms with Crippen molar-refractivity contribution < 1.29 is 21.6 Å². The summed E-state index contributed by atoms with van der Waals surface area (Å²) in [6.07, 6.45) is -1.19. The number of halogens is 3. The van der Waals surface area contributed by atoms with Crippen LogP contribution in [0.5, 0.6) is 0 Å². The first-order chi connectivity index (χ1) is 11.7. The number of hydrogen-bond donors (Lipinski definition) is 1. The summed E-state index contributed by atoms with van der Waals surface area (Å²) in [7, 11) is -2.13. The highest BCUT2D eigenvalue weighted by Gasteiger charge is 2.30. The largest absolute Gasteiger partial charge is 0.417 e. The molecule has 0 aliphatic heterocycles. The molecule has 0 saturated carbocycles. The van der Waals surface area contributed by atoms with Gasteiger partial charge in [-0.2, -0.15) is 13.2 Å². The molecule has 0 amide bonds. The minimum Gasteiger partial charge on any atom is -0.325 e. The second kappa shape index (κ2) is 7.18. The van der Waals surface area contributed by atoms with Crippen LogP contribution in [0.4, 0.5) is 19.0 Å². The van der Waals surface area contributed by atoms with Crippen LogP contribution in [0.25, 0.3) is 0 Å². The number of aromatic nitrogens is 2. The number of sulfone groups is 1. The molecule has 0 radical (unpaired) electrons. The van der Waals surface area contributed by atoms with Crippen LogP contribution in [0, 0.1) is 0 Å². The number of aliphatic imine (C=N–C) groups is 1. The zero-order valence-electron chi connectivity index (χ0n) is 13.4. The molecule has 0 fully saturated rings. The molecule has 2 rings (SSSR count). The molecule has 2 aromatic rings. The van der Waals surface area contributed by atoms with Crippen molar-refractivity contribution in [2.75, 3.05) is 18.1 Å².